The first-order chi connectivity index (χ1) is 12.4. The molecular formula is C17H18Cl2N4O3. The van der Waals surface area contributed by atoms with Crippen LogP contribution in [0, 0.1) is 0 Å². The van der Waals surface area contributed by atoms with Gasteiger partial charge >= 0.3 is 5.97 Å². The van der Waals surface area contributed by atoms with E-state index in [-0.39, 0.29) is 24.2 Å². The normalized spacial score (nSPS) is 16.9. The largest absolute Gasteiger partial charge is 0.481 e. The van der Waals surface area contributed by atoms with Crippen molar-refractivity contribution in [2.24, 2.45) is 0 Å². The van der Waals surface area contributed by atoms with E-state index in [9.17, 15) is 9.59 Å². The fourth-order valence-electron chi connectivity index (χ4n) is 3.18. The smallest absolute Gasteiger partial charge is 0.305 e. The highest BCUT2D eigenvalue weighted by Gasteiger charge is 2.33. The summed E-state index contributed by atoms with van der Waals surface area (Å²) in [5.41, 5.74) is 0.475. The first-order valence-corrected chi connectivity index (χ1v) is 9.11. The quantitative estimate of drug-likeness (QED) is 0.837. The fourth-order valence-corrected chi connectivity index (χ4v) is 3.74. The molecule has 26 heavy (non-hydrogen) atoms. The summed E-state index contributed by atoms with van der Waals surface area (Å²) >= 11 is 12.5. The van der Waals surface area contributed by atoms with Gasteiger partial charge in [0.25, 0.3) is 5.91 Å². The van der Waals surface area contributed by atoms with E-state index < -0.39 is 5.97 Å². The molecule has 7 nitrogen and oxygen atoms in total. The molecule has 0 aliphatic carbocycles. The lowest BCUT2D eigenvalue weighted by Gasteiger charge is -2.21. The molecule has 0 saturated carbocycles. The molecule has 3 rings (SSSR count). The molecular weight excluding hydrogens is 379 g/mol. The number of halogens is 2. The highest BCUT2D eigenvalue weighted by Crippen LogP contribution is 2.29. The third-order valence-electron chi connectivity index (χ3n) is 4.38. The molecule has 1 amide bonds. The summed E-state index contributed by atoms with van der Waals surface area (Å²) in [7, 11) is 0. The SMILES string of the molecule is CCc1nc(C(=O)N2CCCC2CC(=O)O)nn1-c1c(Cl)cccc1Cl. The Bertz CT molecular complexity index is 832. The lowest BCUT2D eigenvalue weighted by Crippen LogP contribution is -2.37. The van der Waals surface area contributed by atoms with Gasteiger partial charge in [-0.1, -0.05) is 36.2 Å². The van der Waals surface area contributed by atoms with Crippen molar-refractivity contribution < 1.29 is 14.7 Å². The molecule has 1 fully saturated rings. The van der Waals surface area contributed by atoms with Gasteiger partial charge in [-0.25, -0.2) is 9.67 Å². The highest BCUT2D eigenvalue weighted by atomic mass is 35.5. The number of carbonyl (C=O) groups excluding carboxylic acids is 1. The van der Waals surface area contributed by atoms with Crippen molar-refractivity contribution >= 4 is 35.1 Å². The number of aliphatic carboxylic acids is 1. The van der Waals surface area contributed by atoms with E-state index in [1.165, 1.54) is 4.68 Å². The Morgan fingerprint density at radius 2 is 2.00 bits per heavy atom. The van der Waals surface area contributed by atoms with E-state index >= 15 is 0 Å². The van der Waals surface area contributed by atoms with Gasteiger partial charge in [-0.05, 0) is 25.0 Å². The van der Waals surface area contributed by atoms with E-state index in [1.807, 2.05) is 6.92 Å². The minimum Gasteiger partial charge on any atom is -0.481 e. The van der Waals surface area contributed by atoms with Crippen LogP contribution in [-0.2, 0) is 11.2 Å². The number of hydrogen-bond acceptors (Lipinski definition) is 4. The predicted octanol–water partition coefficient (Wildman–Crippen LogP) is 3.22. The maximum absolute atomic E-state index is 12.9. The molecule has 0 bridgehead atoms. The Kier molecular flexibility index (Phi) is 5.48. The molecule has 1 atom stereocenters. The molecule has 1 N–H and O–H groups in total. The van der Waals surface area contributed by atoms with E-state index in [4.69, 9.17) is 28.3 Å². The number of carboxylic acid groups (broad SMARTS) is 1. The van der Waals surface area contributed by atoms with Crippen LogP contribution in [0.1, 0.15) is 42.6 Å². The molecule has 1 aromatic carbocycles. The van der Waals surface area contributed by atoms with Crippen molar-refractivity contribution in [3.8, 4) is 5.69 Å². The zero-order chi connectivity index (χ0) is 18.8. The molecule has 1 saturated heterocycles. The molecule has 2 heterocycles. The molecule has 1 aliphatic heterocycles. The third-order valence-corrected chi connectivity index (χ3v) is 4.99. The van der Waals surface area contributed by atoms with Crippen LogP contribution in [0.4, 0.5) is 0 Å². The van der Waals surface area contributed by atoms with Gasteiger partial charge < -0.3 is 10.0 Å². The number of carboxylic acids is 1. The van der Waals surface area contributed by atoms with Gasteiger partial charge in [-0.15, -0.1) is 5.10 Å². The van der Waals surface area contributed by atoms with Crippen LogP contribution >= 0.6 is 23.2 Å². The number of nitrogens with zero attached hydrogens (tertiary/aromatic N) is 4. The first kappa shape index (κ1) is 18.7. The van der Waals surface area contributed by atoms with E-state index in [2.05, 4.69) is 10.1 Å². The van der Waals surface area contributed by atoms with Crippen LogP contribution < -0.4 is 0 Å². The molecule has 2 aromatic rings. The van der Waals surface area contributed by atoms with Gasteiger partial charge in [0, 0.05) is 19.0 Å². The van der Waals surface area contributed by atoms with Gasteiger partial charge in [0.05, 0.1) is 16.5 Å². The third kappa shape index (κ3) is 3.54. The topological polar surface area (TPSA) is 88.3 Å². The summed E-state index contributed by atoms with van der Waals surface area (Å²) in [6.45, 7) is 2.39. The second kappa shape index (κ2) is 7.63. The average molecular weight is 397 g/mol. The summed E-state index contributed by atoms with van der Waals surface area (Å²) in [5, 5.41) is 14.2. The summed E-state index contributed by atoms with van der Waals surface area (Å²) in [4.78, 5) is 29.8. The number of para-hydroxylation sites is 1. The van der Waals surface area contributed by atoms with Crippen LogP contribution in [-0.4, -0.2) is 49.2 Å². The van der Waals surface area contributed by atoms with E-state index in [0.29, 0.717) is 40.9 Å². The Balaban J connectivity index is 1.96. The monoisotopic (exact) mass is 396 g/mol. The number of hydrogen-bond donors (Lipinski definition) is 1. The minimum absolute atomic E-state index is 0.0233. The van der Waals surface area contributed by atoms with Gasteiger partial charge in [-0.2, -0.15) is 0 Å². The van der Waals surface area contributed by atoms with Gasteiger partial charge in [-0.3, -0.25) is 9.59 Å². The summed E-state index contributed by atoms with van der Waals surface area (Å²) < 4.78 is 1.49. The van der Waals surface area contributed by atoms with Crippen molar-refractivity contribution in [3.05, 3.63) is 39.9 Å². The number of aryl methyl sites for hydroxylation is 1. The molecule has 1 aromatic heterocycles. The standard InChI is InChI=1S/C17H18Cl2N4O3/c1-2-13-20-16(17(26)22-8-4-5-10(22)9-14(24)25)21-23(13)15-11(18)6-3-7-12(15)19/h3,6-7,10H,2,4-5,8-9H2,1H3,(H,24,25). The Morgan fingerprint density at radius 1 is 1.31 bits per heavy atom. The van der Waals surface area contributed by atoms with Crippen molar-refractivity contribution in [1.29, 1.82) is 0 Å². The van der Waals surface area contributed by atoms with Crippen LogP contribution in [0.2, 0.25) is 10.0 Å². The summed E-state index contributed by atoms with van der Waals surface area (Å²) in [6, 6.07) is 4.77. The van der Waals surface area contributed by atoms with Crippen molar-refractivity contribution in [1.82, 2.24) is 19.7 Å². The second-order valence-electron chi connectivity index (χ2n) is 6.08. The van der Waals surface area contributed by atoms with Crippen LogP contribution in [0.3, 0.4) is 0 Å². The Labute approximate surface area is 160 Å². The Morgan fingerprint density at radius 3 is 2.62 bits per heavy atom. The molecule has 9 heteroatoms. The number of aromatic nitrogens is 3. The number of likely N-dealkylation sites (tertiary alicyclic amines) is 1. The van der Waals surface area contributed by atoms with Crippen LogP contribution in [0.25, 0.3) is 5.69 Å². The van der Waals surface area contributed by atoms with Gasteiger partial charge in [0.15, 0.2) is 0 Å². The Hall–Kier alpha value is -2.12. The average Bonchev–Trinajstić information content (AvgIpc) is 3.20. The molecule has 0 spiro atoms. The minimum atomic E-state index is -0.926. The van der Waals surface area contributed by atoms with E-state index in [0.717, 1.165) is 6.42 Å². The van der Waals surface area contributed by atoms with Gasteiger partial charge in [0.2, 0.25) is 5.82 Å². The van der Waals surface area contributed by atoms with Crippen molar-refractivity contribution in [2.75, 3.05) is 6.54 Å². The van der Waals surface area contributed by atoms with Crippen LogP contribution in [0.15, 0.2) is 18.2 Å². The van der Waals surface area contributed by atoms with Crippen molar-refractivity contribution in [3.63, 3.8) is 0 Å². The number of rotatable bonds is 5. The summed E-state index contributed by atoms with van der Waals surface area (Å²) in [5.74, 6) is -0.719. The molecule has 0 radical (unpaired) electrons. The molecule has 1 unspecified atom stereocenters. The predicted molar refractivity (Wildman–Crippen MR) is 97.1 cm³/mol. The zero-order valence-corrected chi connectivity index (χ0v) is 15.7. The van der Waals surface area contributed by atoms with Crippen molar-refractivity contribution in [2.45, 2.75) is 38.6 Å². The molecule has 138 valence electrons. The highest BCUT2D eigenvalue weighted by molar-refractivity contribution is 6.37. The number of carbonyl (C=O) groups is 2. The second-order valence-corrected chi connectivity index (χ2v) is 6.89. The first-order valence-electron chi connectivity index (χ1n) is 8.35. The van der Waals surface area contributed by atoms with Gasteiger partial charge in [0.1, 0.15) is 11.5 Å². The lowest BCUT2D eigenvalue weighted by atomic mass is 10.1. The zero-order valence-electron chi connectivity index (χ0n) is 14.2. The maximum atomic E-state index is 12.9. The van der Waals surface area contributed by atoms with Crippen LogP contribution in [0.5, 0.6) is 0 Å². The lowest BCUT2D eigenvalue weighted by molar-refractivity contribution is -0.137. The fraction of sp³-hybridized carbons (Fsp3) is 0.412. The van der Waals surface area contributed by atoms with E-state index in [1.54, 1.807) is 23.1 Å². The maximum Gasteiger partial charge on any atom is 0.305 e. The summed E-state index contributed by atoms with van der Waals surface area (Å²) in [6.07, 6.45) is 1.88. The number of benzene rings is 1. The molecule has 1 aliphatic rings. The number of amides is 1.